The third-order valence-electron chi connectivity index (χ3n) is 2.80. The molecule has 13 heavy (non-hydrogen) atoms. The molecule has 3 unspecified atom stereocenters. The minimum absolute atomic E-state index is 0.0456. The largest absolute Gasteiger partial charge is 0.413 e. The fourth-order valence-corrected chi connectivity index (χ4v) is 3.49. The van der Waals surface area contributed by atoms with Crippen LogP contribution in [0.25, 0.3) is 0 Å². The molecule has 0 aromatic rings. The zero-order chi connectivity index (χ0) is 9.47. The molecule has 72 valence electrons. The van der Waals surface area contributed by atoms with Crippen LogP contribution in [0, 0.1) is 11.8 Å². The van der Waals surface area contributed by atoms with Crippen LogP contribution in [0.2, 0.25) is 5.54 Å². The van der Waals surface area contributed by atoms with Crippen molar-refractivity contribution in [2.24, 2.45) is 11.8 Å². The number of hydrogen-bond donors (Lipinski definition) is 0. The third-order valence-corrected chi connectivity index (χ3v) is 4.49. The fraction of sp³-hybridized carbons (Fsp3) is 0.818. The van der Waals surface area contributed by atoms with Gasteiger partial charge in [0.1, 0.15) is 0 Å². The summed E-state index contributed by atoms with van der Waals surface area (Å²) in [5.74, 6) is 1.72. The van der Waals surface area contributed by atoms with Crippen molar-refractivity contribution >= 4 is 9.76 Å². The zero-order valence-corrected chi connectivity index (χ0v) is 9.71. The van der Waals surface area contributed by atoms with Crippen molar-refractivity contribution in [1.29, 1.82) is 0 Å². The minimum Gasteiger partial charge on any atom is -0.413 e. The maximum Gasteiger partial charge on any atom is 0.234 e. The summed E-state index contributed by atoms with van der Waals surface area (Å²) in [5, 5.41) is 0. The summed E-state index contributed by atoms with van der Waals surface area (Å²) in [6.07, 6.45) is 7.56. The molecule has 2 heteroatoms. The van der Waals surface area contributed by atoms with Gasteiger partial charge >= 0.3 is 0 Å². The molecule has 0 spiro atoms. The molecule has 0 heterocycles. The van der Waals surface area contributed by atoms with Crippen LogP contribution < -0.4 is 0 Å². The second kappa shape index (κ2) is 3.25. The van der Waals surface area contributed by atoms with Gasteiger partial charge in [-0.2, -0.15) is 0 Å². The van der Waals surface area contributed by atoms with Crippen molar-refractivity contribution in [3.63, 3.8) is 0 Å². The predicted molar refractivity (Wildman–Crippen MR) is 55.7 cm³/mol. The average molecular weight is 194 g/mol. The predicted octanol–water partition coefficient (Wildman–Crippen LogP) is 2.81. The molecule has 2 aliphatic rings. The summed E-state index contributed by atoms with van der Waals surface area (Å²) >= 11 is 0. The van der Waals surface area contributed by atoms with E-state index in [0.29, 0.717) is 9.76 Å². The van der Waals surface area contributed by atoms with Crippen LogP contribution in [0.3, 0.4) is 0 Å². The molecular formula is C11H18OSi. The first-order valence-electron chi connectivity index (χ1n) is 5.16. The Morgan fingerprint density at radius 2 is 2.00 bits per heavy atom. The average Bonchev–Trinajstić information content (AvgIpc) is 2.58. The van der Waals surface area contributed by atoms with Gasteiger partial charge in [-0.1, -0.05) is 12.2 Å². The maximum atomic E-state index is 5.86. The highest BCUT2D eigenvalue weighted by atomic mass is 28.2. The number of allylic oxidation sites excluding steroid dienone is 2. The van der Waals surface area contributed by atoms with Gasteiger partial charge in [0.2, 0.25) is 9.76 Å². The summed E-state index contributed by atoms with van der Waals surface area (Å²) in [6.45, 7) is 6.43. The first-order chi connectivity index (χ1) is 6.04. The van der Waals surface area contributed by atoms with E-state index in [1.807, 2.05) is 0 Å². The molecule has 0 aromatic heterocycles. The Morgan fingerprint density at radius 3 is 2.46 bits per heavy atom. The molecular weight excluding hydrogens is 176 g/mol. The van der Waals surface area contributed by atoms with Crippen LogP contribution >= 0.6 is 0 Å². The van der Waals surface area contributed by atoms with Gasteiger partial charge < -0.3 is 4.43 Å². The highest BCUT2D eigenvalue weighted by molar-refractivity contribution is 6.30. The molecule has 2 bridgehead atoms. The van der Waals surface area contributed by atoms with E-state index in [2.05, 4.69) is 32.9 Å². The molecule has 0 N–H and O–H groups in total. The van der Waals surface area contributed by atoms with E-state index < -0.39 is 0 Å². The van der Waals surface area contributed by atoms with Gasteiger partial charge in [-0.25, -0.2) is 0 Å². The molecule has 2 rings (SSSR count). The Balaban J connectivity index is 1.81. The van der Waals surface area contributed by atoms with Crippen LogP contribution in [0.1, 0.15) is 33.6 Å². The van der Waals surface area contributed by atoms with E-state index in [4.69, 9.17) is 4.43 Å². The summed E-state index contributed by atoms with van der Waals surface area (Å²) in [5.41, 5.74) is 0.874. The first-order valence-corrected chi connectivity index (χ1v) is 6.15. The lowest BCUT2D eigenvalue weighted by molar-refractivity contribution is 0.134. The second-order valence-electron chi connectivity index (χ2n) is 5.22. The molecule has 2 aliphatic carbocycles. The van der Waals surface area contributed by atoms with Crippen molar-refractivity contribution in [3.8, 4) is 0 Å². The monoisotopic (exact) mass is 194 g/mol. The van der Waals surface area contributed by atoms with Crippen molar-refractivity contribution in [2.75, 3.05) is 0 Å². The maximum absolute atomic E-state index is 5.86. The number of fused-ring (bicyclic) bond motifs is 2. The fourth-order valence-electron chi connectivity index (χ4n) is 2.17. The van der Waals surface area contributed by atoms with Gasteiger partial charge in [-0.15, -0.1) is 0 Å². The first kappa shape index (κ1) is 9.47. The van der Waals surface area contributed by atoms with Gasteiger partial charge in [-0.05, 0) is 51.0 Å². The highest BCUT2D eigenvalue weighted by Gasteiger charge is 2.37. The Bertz CT molecular complexity index is 217. The Hall–Kier alpha value is -0.0831. The standard InChI is InChI=1S/C11H18OSi/c1-11(2,3)12-13-10-7-8-4-5-9(10)6-8/h4-5,8-10H,6-7H2,1-3H3. The summed E-state index contributed by atoms with van der Waals surface area (Å²) in [6, 6.07) is 0. The summed E-state index contributed by atoms with van der Waals surface area (Å²) in [4.78, 5) is 0. The van der Waals surface area contributed by atoms with E-state index in [1.165, 1.54) is 12.8 Å². The lowest BCUT2D eigenvalue weighted by Crippen LogP contribution is -2.25. The molecule has 0 aromatic carbocycles. The van der Waals surface area contributed by atoms with Gasteiger partial charge in [0.25, 0.3) is 0 Å². The zero-order valence-electron chi connectivity index (χ0n) is 8.71. The lowest BCUT2D eigenvalue weighted by Gasteiger charge is -2.24. The van der Waals surface area contributed by atoms with Crippen molar-refractivity contribution in [2.45, 2.75) is 44.8 Å². The normalized spacial score (nSPS) is 37.3. The van der Waals surface area contributed by atoms with Crippen LogP contribution in [0.4, 0.5) is 0 Å². The van der Waals surface area contributed by atoms with Crippen LogP contribution in [-0.2, 0) is 4.43 Å². The Labute approximate surface area is 83.5 Å². The molecule has 1 fully saturated rings. The second-order valence-corrected chi connectivity index (χ2v) is 6.40. The number of rotatable bonds is 2. The highest BCUT2D eigenvalue weighted by Crippen LogP contribution is 2.46. The molecule has 0 aliphatic heterocycles. The van der Waals surface area contributed by atoms with Crippen LogP contribution in [0.5, 0.6) is 0 Å². The quantitative estimate of drug-likeness (QED) is 0.485. The molecule has 0 saturated heterocycles. The van der Waals surface area contributed by atoms with E-state index in [9.17, 15) is 0 Å². The van der Waals surface area contributed by atoms with Crippen molar-refractivity contribution < 1.29 is 4.43 Å². The summed E-state index contributed by atoms with van der Waals surface area (Å²) < 4.78 is 5.86. The van der Waals surface area contributed by atoms with E-state index >= 15 is 0 Å². The van der Waals surface area contributed by atoms with E-state index in [0.717, 1.165) is 17.4 Å². The van der Waals surface area contributed by atoms with Gasteiger partial charge in [0, 0.05) is 5.60 Å². The lowest BCUT2D eigenvalue weighted by atomic mass is 10.1. The molecule has 3 atom stereocenters. The Morgan fingerprint density at radius 1 is 1.23 bits per heavy atom. The van der Waals surface area contributed by atoms with Gasteiger partial charge in [-0.3, -0.25) is 0 Å². The van der Waals surface area contributed by atoms with E-state index in [1.54, 1.807) is 0 Å². The van der Waals surface area contributed by atoms with Crippen molar-refractivity contribution in [3.05, 3.63) is 12.2 Å². The topological polar surface area (TPSA) is 9.23 Å². The minimum atomic E-state index is 0.0456. The van der Waals surface area contributed by atoms with Gasteiger partial charge in [0.05, 0.1) is 0 Å². The SMILES string of the molecule is CC(C)(C)O[Si]C1CC2C=CC1C2. The molecule has 0 amide bonds. The van der Waals surface area contributed by atoms with Crippen LogP contribution in [0.15, 0.2) is 12.2 Å². The van der Waals surface area contributed by atoms with E-state index in [-0.39, 0.29) is 5.60 Å². The Kier molecular flexibility index (Phi) is 2.36. The molecule has 1 nitrogen and oxygen atoms in total. The number of hydrogen-bond acceptors (Lipinski definition) is 1. The van der Waals surface area contributed by atoms with Crippen molar-refractivity contribution in [1.82, 2.24) is 0 Å². The molecule has 1 saturated carbocycles. The van der Waals surface area contributed by atoms with Gasteiger partial charge in [0.15, 0.2) is 0 Å². The molecule has 2 radical (unpaired) electrons. The smallest absolute Gasteiger partial charge is 0.234 e. The summed E-state index contributed by atoms with van der Waals surface area (Å²) in [7, 11) is 0.704. The van der Waals surface area contributed by atoms with Crippen LogP contribution in [-0.4, -0.2) is 15.4 Å². The third kappa shape index (κ3) is 2.23.